The quantitative estimate of drug-likeness (QED) is 0.899. The van der Waals surface area contributed by atoms with Crippen LogP contribution in [-0.2, 0) is 6.54 Å². The third-order valence-corrected chi connectivity index (χ3v) is 2.74. The lowest BCUT2D eigenvalue weighted by atomic mass is 10.2. The molecule has 0 saturated carbocycles. The summed E-state index contributed by atoms with van der Waals surface area (Å²) < 4.78 is 1.91. The molecule has 94 valence electrons. The van der Waals surface area contributed by atoms with Crippen molar-refractivity contribution in [2.75, 3.05) is 0 Å². The summed E-state index contributed by atoms with van der Waals surface area (Å²) in [6.45, 7) is 4.67. The molecule has 1 heterocycles. The Bertz CT molecular complexity index is 544. The molecule has 0 atom stereocenters. The van der Waals surface area contributed by atoms with Crippen LogP contribution in [0.1, 0.15) is 41.6 Å². The van der Waals surface area contributed by atoms with E-state index in [0.29, 0.717) is 6.54 Å². The number of benzene rings is 1. The molecule has 0 saturated heterocycles. The van der Waals surface area contributed by atoms with E-state index in [-0.39, 0.29) is 11.6 Å². The van der Waals surface area contributed by atoms with E-state index in [9.17, 15) is 4.79 Å². The highest BCUT2D eigenvalue weighted by atomic mass is 16.4. The van der Waals surface area contributed by atoms with Crippen LogP contribution in [0.25, 0.3) is 0 Å². The van der Waals surface area contributed by atoms with Crippen molar-refractivity contribution in [2.24, 2.45) is 0 Å². The fraction of sp³-hybridized carbons (Fsp3) is 0.286. The van der Waals surface area contributed by atoms with Gasteiger partial charge in [-0.05, 0) is 5.56 Å². The summed E-state index contributed by atoms with van der Waals surface area (Å²) in [7, 11) is 0. The van der Waals surface area contributed by atoms with Crippen molar-refractivity contribution in [3.63, 3.8) is 0 Å². The van der Waals surface area contributed by atoms with Crippen LogP contribution in [0.15, 0.2) is 36.5 Å². The molecule has 0 spiro atoms. The Morgan fingerprint density at radius 2 is 2.00 bits per heavy atom. The SMILES string of the molecule is CC(C)c1nc(C(=O)O)cn1Cc1ccccc1. The number of hydrogen-bond acceptors (Lipinski definition) is 2. The van der Waals surface area contributed by atoms with Crippen LogP contribution < -0.4 is 0 Å². The number of carboxylic acid groups (broad SMARTS) is 1. The fourth-order valence-corrected chi connectivity index (χ4v) is 1.90. The van der Waals surface area contributed by atoms with E-state index in [2.05, 4.69) is 4.98 Å². The van der Waals surface area contributed by atoms with Gasteiger partial charge in [-0.15, -0.1) is 0 Å². The van der Waals surface area contributed by atoms with Gasteiger partial charge in [-0.3, -0.25) is 0 Å². The van der Waals surface area contributed by atoms with Crippen molar-refractivity contribution in [2.45, 2.75) is 26.3 Å². The molecule has 0 aliphatic rings. The Hall–Kier alpha value is -2.10. The average molecular weight is 244 g/mol. The van der Waals surface area contributed by atoms with Gasteiger partial charge < -0.3 is 9.67 Å². The molecule has 0 bridgehead atoms. The molecule has 0 fully saturated rings. The molecule has 0 aliphatic heterocycles. The Labute approximate surface area is 106 Å². The van der Waals surface area contributed by atoms with E-state index >= 15 is 0 Å². The van der Waals surface area contributed by atoms with Crippen molar-refractivity contribution in [3.05, 3.63) is 53.6 Å². The zero-order valence-corrected chi connectivity index (χ0v) is 10.5. The molecule has 0 aliphatic carbocycles. The van der Waals surface area contributed by atoms with Gasteiger partial charge in [0.1, 0.15) is 5.82 Å². The third kappa shape index (κ3) is 2.59. The van der Waals surface area contributed by atoms with Crippen LogP contribution in [0.3, 0.4) is 0 Å². The van der Waals surface area contributed by atoms with Crippen LogP contribution in [0.5, 0.6) is 0 Å². The first kappa shape index (κ1) is 12.4. The van der Waals surface area contributed by atoms with Gasteiger partial charge in [0, 0.05) is 18.7 Å². The molecule has 0 amide bonds. The van der Waals surface area contributed by atoms with Crippen LogP contribution in [-0.4, -0.2) is 20.6 Å². The molecule has 18 heavy (non-hydrogen) atoms. The van der Waals surface area contributed by atoms with Crippen molar-refractivity contribution in [3.8, 4) is 0 Å². The molecule has 2 rings (SSSR count). The molecule has 4 heteroatoms. The van der Waals surface area contributed by atoms with Crippen molar-refractivity contribution in [1.29, 1.82) is 0 Å². The van der Waals surface area contributed by atoms with Gasteiger partial charge in [-0.1, -0.05) is 44.2 Å². The lowest BCUT2D eigenvalue weighted by Crippen LogP contribution is -2.05. The third-order valence-electron chi connectivity index (χ3n) is 2.74. The molecule has 0 radical (unpaired) electrons. The first-order valence-electron chi connectivity index (χ1n) is 5.92. The molecule has 1 N–H and O–H groups in total. The maximum atomic E-state index is 11.0. The molecule has 2 aromatic rings. The van der Waals surface area contributed by atoms with Gasteiger partial charge in [0.15, 0.2) is 5.69 Å². The number of nitrogens with zero attached hydrogens (tertiary/aromatic N) is 2. The first-order chi connectivity index (χ1) is 8.58. The highest BCUT2D eigenvalue weighted by Crippen LogP contribution is 2.16. The van der Waals surface area contributed by atoms with E-state index in [4.69, 9.17) is 5.11 Å². The molecule has 0 unspecified atom stereocenters. The van der Waals surface area contributed by atoms with Gasteiger partial charge in [-0.25, -0.2) is 9.78 Å². The molecule has 4 nitrogen and oxygen atoms in total. The number of hydrogen-bond donors (Lipinski definition) is 1. The maximum absolute atomic E-state index is 11.0. The predicted octanol–water partition coefficient (Wildman–Crippen LogP) is 2.75. The Morgan fingerprint density at radius 3 is 2.56 bits per heavy atom. The van der Waals surface area contributed by atoms with Crippen molar-refractivity contribution >= 4 is 5.97 Å². The highest BCUT2D eigenvalue weighted by molar-refractivity contribution is 5.85. The van der Waals surface area contributed by atoms with E-state index in [0.717, 1.165) is 11.4 Å². The molecular weight excluding hydrogens is 228 g/mol. The summed E-state index contributed by atoms with van der Waals surface area (Å²) in [6.07, 6.45) is 1.60. The van der Waals surface area contributed by atoms with Gasteiger partial charge in [-0.2, -0.15) is 0 Å². The molecule has 1 aromatic carbocycles. The second kappa shape index (κ2) is 5.04. The molecular formula is C14H16N2O2. The summed E-state index contributed by atoms with van der Waals surface area (Å²) in [5, 5.41) is 8.99. The van der Waals surface area contributed by atoms with Gasteiger partial charge in [0.25, 0.3) is 0 Å². The number of aromatic carboxylic acids is 1. The topological polar surface area (TPSA) is 55.1 Å². The average Bonchev–Trinajstić information content (AvgIpc) is 2.74. The summed E-state index contributed by atoms with van der Waals surface area (Å²) in [6, 6.07) is 9.94. The smallest absolute Gasteiger partial charge is 0.356 e. The van der Waals surface area contributed by atoms with Gasteiger partial charge in [0.2, 0.25) is 0 Å². The minimum atomic E-state index is -0.983. The zero-order chi connectivity index (χ0) is 13.1. The van der Waals surface area contributed by atoms with E-state index < -0.39 is 5.97 Å². The van der Waals surface area contributed by atoms with Gasteiger partial charge >= 0.3 is 5.97 Å². The van der Waals surface area contributed by atoms with Crippen molar-refractivity contribution in [1.82, 2.24) is 9.55 Å². The summed E-state index contributed by atoms with van der Waals surface area (Å²) in [5.74, 6) is 0.0155. The highest BCUT2D eigenvalue weighted by Gasteiger charge is 2.15. The number of imidazole rings is 1. The van der Waals surface area contributed by atoms with E-state index in [1.807, 2.05) is 48.7 Å². The van der Waals surface area contributed by atoms with Gasteiger partial charge in [0.05, 0.1) is 0 Å². The Balaban J connectivity index is 2.34. The Morgan fingerprint density at radius 1 is 1.33 bits per heavy atom. The van der Waals surface area contributed by atoms with Crippen LogP contribution >= 0.6 is 0 Å². The minimum absolute atomic E-state index is 0.106. The lowest BCUT2D eigenvalue weighted by Gasteiger charge is -2.09. The summed E-state index contributed by atoms with van der Waals surface area (Å²) in [4.78, 5) is 15.1. The largest absolute Gasteiger partial charge is 0.476 e. The zero-order valence-electron chi connectivity index (χ0n) is 10.5. The lowest BCUT2D eigenvalue weighted by molar-refractivity contribution is 0.0691. The molecule has 1 aromatic heterocycles. The number of aromatic nitrogens is 2. The number of carboxylic acids is 1. The van der Waals surface area contributed by atoms with E-state index in [1.54, 1.807) is 6.20 Å². The van der Waals surface area contributed by atoms with Crippen LogP contribution in [0.4, 0.5) is 0 Å². The predicted molar refractivity (Wildman–Crippen MR) is 68.8 cm³/mol. The van der Waals surface area contributed by atoms with E-state index in [1.165, 1.54) is 0 Å². The van der Waals surface area contributed by atoms with Crippen LogP contribution in [0, 0.1) is 0 Å². The normalized spacial score (nSPS) is 10.8. The summed E-state index contributed by atoms with van der Waals surface area (Å²) >= 11 is 0. The first-order valence-corrected chi connectivity index (χ1v) is 5.92. The van der Waals surface area contributed by atoms with Crippen LogP contribution in [0.2, 0.25) is 0 Å². The maximum Gasteiger partial charge on any atom is 0.356 e. The minimum Gasteiger partial charge on any atom is -0.476 e. The summed E-state index contributed by atoms with van der Waals surface area (Å²) in [5.41, 5.74) is 1.24. The second-order valence-corrected chi connectivity index (χ2v) is 4.56. The Kier molecular flexibility index (Phi) is 3.46. The number of rotatable bonds is 4. The standard InChI is InChI=1S/C14H16N2O2/c1-10(2)13-15-12(14(17)18)9-16(13)8-11-6-4-3-5-7-11/h3-7,9-10H,8H2,1-2H3,(H,17,18). The monoisotopic (exact) mass is 244 g/mol. The fourth-order valence-electron chi connectivity index (χ4n) is 1.90. The number of carbonyl (C=O) groups is 1. The van der Waals surface area contributed by atoms with Crippen molar-refractivity contribution < 1.29 is 9.90 Å². The second-order valence-electron chi connectivity index (χ2n) is 4.56.